The molecular formula is C7H8N2O. The largest absolute Gasteiger partial charge is 0.427 e. The van der Waals surface area contributed by atoms with Crippen LogP contribution in [0.2, 0.25) is 0 Å². The van der Waals surface area contributed by atoms with E-state index in [-0.39, 0.29) is 0 Å². The fraction of sp³-hybridized carbons (Fsp3) is 0.286. The van der Waals surface area contributed by atoms with Crippen molar-refractivity contribution in [2.45, 2.75) is 6.92 Å². The molecule has 0 atom stereocenters. The summed E-state index contributed by atoms with van der Waals surface area (Å²) in [4.78, 5) is 4.01. The van der Waals surface area contributed by atoms with Crippen LogP contribution >= 0.6 is 0 Å². The Morgan fingerprint density at radius 3 is 3.10 bits per heavy atom. The summed E-state index contributed by atoms with van der Waals surface area (Å²) in [5.41, 5.74) is 2.94. The summed E-state index contributed by atoms with van der Waals surface area (Å²) in [5, 5.41) is 0. The molecule has 3 heteroatoms. The molecule has 0 N–H and O–H groups in total. The van der Waals surface area contributed by atoms with Gasteiger partial charge in [-0.2, -0.15) is 0 Å². The van der Waals surface area contributed by atoms with Crippen LogP contribution in [0, 0.1) is 6.92 Å². The second-order valence-electron chi connectivity index (χ2n) is 2.39. The minimum absolute atomic E-state index is 0.845. The molecule has 10 heavy (non-hydrogen) atoms. The zero-order valence-electron chi connectivity index (χ0n) is 5.96. The molecule has 2 rings (SSSR count). The quantitative estimate of drug-likeness (QED) is 0.549. The van der Waals surface area contributed by atoms with Crippen molar-refractivity contribution >= 4 is 11.2 Å². The maximum atomic E-state index is 5.12. The lowest BCUT2D eigenvalue weighted by molar-refractivity contribution is 0.570. The Hall–Kier alpha value is -1.25. The van der Waals surface area contributed by atoms with Crippen LogP contribution < -0.4 is 0 Å². The second-order valence-corrected chi connectivity index (χ2v) is 2.39. The molecule has 0 aliphatic carbocycles. The van der Waals surface area contributed by atoms with E-state index in [1.165, 1.54) is 12.1 Å². The van der Waals surface area contributed by atoms with Crippen molar-refractivity contribution in [1.82, 2.24) is 9.55 Å². The minimum Gasteiger partial charge on any atom is -0.427 e. The van der Waals surface area contributed by atoms with Crippen molar-refractivity contribution in [3.63, 3.8) is 0 Å². The summed E-state index contributed by atoms with van der Waals surface area (Å²) in [5.74, 6) is 0. The smallest absolute Gasteiger partial charge is 0.227 e. The van der Waals surface area contributed by atoms with Crippen LogP contribution in [0.5, 0.6) is 0 Å². The number of aryl methyl sites for hydroxylation is 2. The van der Waals surface area contributed by atoms with Gasteiger partial charge in [0.05, 0.1) is 0 Å². The van der Waals surface area contributed by atoms with E-state index in [0.717, 1.165) is 11.2 Å². The topological polar surface area (TPSA) is 31.0 Å². The third-order valence-corrected chi connectivity index (χ3v) is 1.75. The van der Waals surface area contributed by atoms with E-state index in [0.29, 0.717) is 0 Å². The number of aromatic nitrogens is 2. The van der Waals surface area contributed by atoms with Crippen molar-refractivity contribution in [2.75, 3.05) is 0 Å². The monoisotopic (exact) mass is 136 g/mol. The summed E-state index contributed by atoms with van der Waals surface area (Å²) >= 11 is 0. The molecule has 0 aliphatic rings. The molecule has 52 valence electrons. The second kappa shape index (κ2) is 1.62. The highest BCUT2D eigenvalue weighted by Gasteiger charge is 2.04. The van der Waals surface area contributed by atoms with Crippen LogP contribution in [-0.4, -0.2) is 9.55 Å². The Bertz CT molecular complexity index is 358. The highest BCUT2D eigenvalue weighted by atomic mass is 16.3. The average molecular weight is 136 g/mol. The maximum Gasteiger partial charge on any atom is 0.227 e. The molecule has 0 fully saturated rings. The van der Waals surface area contributed by atoms with Gasteiger partial charge in [-0.15, -0.1) is 0 Å². The number of nitrogens with zero attached hydrogens (tertiary/aromatic N) is 2. The third kappa shape index (κ3) is 0.518. The Morgan fingerprint density at radius 2 is 2.40 bits per heavy atom. The van der Waals surface area contributed by atoms with E-state index in [9.17, 15) is 0 Å². The normalized spacial score (nSPS) is 11.0. The molecule has 0 saturated carbocycles. The summed E-state index contributed by atoms with van der Waals surface area (Å²) in [6, 6.07) is 2.00. The number of oxazole rings is 1. The number of fused-ring (bicyclic) bond motifs is 1. The first kappa shape index (κ1) is 5.53. The number of hydrogen-bond acceptors (Lipinski definition) is 2. The molecule has 0 radical (unpaired) electrons. The standard InChI is InChI=1S/C7H8N2O/c1-5-3-6-7(9(5)2)10-4-8-6/h3-4H,1-2H3. The molecule has 0 bridgehead atoms. The highest BCUT2D eigenvalue weighted by molar-refractivity contribution is 5.70. The highest BCUT2D eigenvalue weighted by Crippen LogP contribution is 2.15. The first-order valence-electron chi connectivity index (χ1n) is 3.14. The van der Waals surface area contributed by atoms with Gasteiger partial charge in [0.2, 0.25) is 5.71 Å². The SMILES string of the molecule is Cc1cc2ncoc2n1C. The third-order valence-electron chi connectivity index (χ3n) is 1.75. The molecule has 2 heterocycles. The van der Waals surface area contributed by atoms with Crippen LogP contribution in [0.1, 0.15) is 5.69 Å². The number of rotatable bonds is 0. The van der Waals surface area contributed by atoms with Crippen LogP contribution in [0.4, 0.5) is 0 Å². The van der Waals surface area contributed by atoms with Crippen LogP contribution in [0.3, 0.4) is 0 Å². The van der Waals surface area contributed by atoms with Crippen molar-refractivity contribution in [3.05, 3.63) is 18.2 Å². The van der Waals surface area contributed by atoms with Crippen molar-refractivity contribution in [2.24, 2.45) is 7.05 Å². The Balaban J connectivity index is 2.95. The van der Waals surface area contributed by atoms with Gasteiger partial charge in [0.15, 0.2) is 6.39 Å². The molecule has 0 spiro atoms. The molecule has 0 aliphatic heterocycles. The lowest BCUT2D eigenvalue weighted by Crippen LogP contribution is -1.87. The van der Waals surface area contributed by atoms with Gasteiger partial charge in [-0.25, -0.2) is 4.98 Å². The van der Waals surface area contributed by atoms with E-state index < -0.39 is 0 Å². The molecule has 3 nitrogen and oxygen atoms in total. The van der Waals surface area contributed by atoms with Gasteiger partial charge in [-0.1, -0.05) is 0 Å². The maximum absolute atomic E-state index is 5.12. The molecule has 0 unspecified atom stereocenters. The van der Waals surface area contributed by atoms with E-state index in [2.05, 4.69) is 4.98 Å². The summed E-state index contributed by atoms with van der Waals surface area (Å²) in [6.45, 7) is 2.02. The van der Waals surface area contributed by atoms with Gasteiger partial charge >= 0.3 is 0 Å². The zero-order valence-corrected chi connectivity index (χ0v) is 5.96. The minimum atomic E-state index is 0.845. The molecule has 2 aromatic heterocycles. The summed E-state index contributed by atoms with van der Waals surface area (Å²) in [7, 11) is 1.96. The van der Waals surface area contributed by atoms with Gasteiger partial charge in [0.25, 0.3) is 0 Å². The van der Waals surface area contributed by atoms with Crippen LogP contribution in [0.25, 0.3) is 11.2 Å². The van der Waals surface area contributed by atoms with E-state index in [4.69, 9.17) is 4.42 Å². The Labute approximate surface area is 58.3 Å². The van der Waals surface area contributed by atoms with Gasteiger partial charge in [-0.3, -0.25) is 0 Å². The van der Waals surface area contributed by atoms with Gasteiger partial charge in [0, 0.05) is 12.7 Å². The molecular weight excluding hydrogens is 128 g/mol. The van der Waals surface area contributed by atoms with Crippen molar-refractivity contribution in [1.29, 1.82) is 0 Å². The molecule has 0 amide bonds. The Kier molecular flexibility index (Phi) is 0.897. The Morgan fingerprint density at radius 1 is 1.60 bits per heavy atom. The molecule has 0 aromatic carbocycles. The van der Waals surface area contributed by atoms with Gasteiger partial charge in [-0.05, 0) is 13.0 Å². The number of hydrogen-bond donors (Lipinski definition) is 0. The fourth-order valence-corrected chi connectivity index (χ4v) is 1.05. The van der Waals surface area contributed by atoms with Crippen molar-refractivity contribution in [3.8, 4) is 0 Å². The van der Waals surface area contributed by atoms with Crippen molar-refractivity contribution < 1.29 is 4.42 Å². The zero-order chi connectivity index (χ0) is 7.14. The predicted octanol–water partition coefficient (Wildman–Crippen LogP) is 1.47. The molecule has 0 saturated heterocycles. The summed E-state index contributed by atoms with van der Waals surface area (Å²) < 4.78 is 7.10. The van der Waals surface area contributed by atoms with Gasteiger partial charge < -0.3 is 8.98 Å². The van der Waals surface area contributed by atoms with E-state index >= 15 is 0 Å². The lowest BCUT2D eigenvalue weighted by Gasteiger charge is -1.91. The fourth-order valence-electron chi connectivity index (χ4n) is 1.05. The van der Waals surface area contributed by atoms with E-state index in [1.54, 1.807) is 0 Å². The molecule has 2 aromatic rings. The first-order valence-corrected chi connectivity index (χ1v) is 3.14. The van der Waals surface area contributed by atoms with Crippen LogP contribution in [0.15, 0.2) is 16.9 Å². The van der Waals surface area contributed by atoms with Gasteiger partial charge in [0.1, 0.15) is 5.52 Å². The average Bonchev–Trinajstić information content (AvgIpc) is 2.41. The lowest BCUT2D eigenvalue weighted by atomic mass is 10.5. The first-order chi connectivity index (χ1) is 4.79. The predicted molar refractivity (Wildman–Crippen MR) is 37.7 cm³/mol. The summed E-state index contributed by atoms with van der Waals surface area (Å²) in [6.07, 6.45) is 1.46. The van der Waals surface area contributed by atoms with E-state index in [1.807, 2.05) is 24.6 Å². The van der Waals surface area contributed by atoms with Crippen LogP contribution in [-0.2, 0) is 7.05 Å².